The lowest BCUT2D eigenvalue weighted by molar-refractivity contribution is -0.122. The molecule has 2 aromatic rings. The van der Waals surface area contributed by atoms with E-state index in [9.17, 15) is 9.59 Å². The van der Waals surface area contributed by atoms with Crippen LogP contribution in [0.3, 0.4) is 0 Å². The van der Waals surface area contributed by atoms with Gasteiger partial charge in [0.25, 0.3) is 0 Å². The normalized spacial score (nSPS) is 18.3. The molecule has 106 valence electrons. The first-order chi connectivity index (χ1) is 10.1. The lowest BCUT2D eigenvalue weighted by atomic mass is 9.98. The van der Waals surface area contributed by atoms with Crippen LogP contribution in [0.4, 0.5) is 5.69 Å². The minimum absolute atomic E-state index is 0.152. The average Bonchev–Trinajstić information content (AvgIpc) is 2.77. The highest BCUT2D eigenvalue weighted by atomic mass is 35.5. The molecule has 1 saturated heterocycles. The molecular formula is C16H13ClN2O2. The molecule has 21 heavy (non-hydrogen) atoms. The van der Waals surface area contributed by atoms with Crippen molar-refractivity contribution in [1.82, 2.24) is 4.98 Å². The zero-order valence-corrected chi connectivity index (χ0v) is 12.0. The third kappa shape index (κ3) is 2.81. The van der Waals surface area contributed by atoms with E-state index >= 15 is 0 Å². The van der Waals surface area contributed by atoms with Gasteiger partial charge in [-0.25, -0.2) is 0 Å². The molecular weight excluding hydrogens is 288 g/mol. The number of benzene rings is 1. The Morgan fingerprint density at radius 2 is 1.76 bits per heavy atom. The molecule has 4 nitrogen and oxygen atoms in total. The van der Waals surface area contributed by atoms with Gasteiger partial charge in [-0.1, -0.05) is 23.7 Å². The minimum atomic E-state index is -0.313. The first kappa shape index (κ1) is 13.8. The van der Waals surface area contributed by atoms with Gasteiger partial charge in [0.05, 0.1) is 11.6 Å². The molecule has 2 amide bonds. The Hall–Kier alpha value is -2.20. The average molecular weight is 301 g/mol. The van der Waals surface area contributed by atoms with E-state index in [0.29, 0.717) is 17.1 Å². The number of hydrogen-bond acceptors (Lipinski definition) is 3. The number of imide groups is 1. The zero-order valence-electron chi connectivity index (χ0n) is 11.2. The van der Waals surface area contributed by atoms with Gasteiger partial charge in [0, 0.05) is 23.8 Å². The van der Waals surface area contributed by atoms with E-state index in [2.05, 4.69) is 4.98 Å². The van der Waals surface area contributed by atoms with Gasteiger partial charge in [0.2, 0.25) is 11.8 Å². The van der Waals surface area contributed by atoms with E-state index in [1.165, 1.54) is 4.90 Å². The van der Waals surface area contributed by atoms with Crippen LogP contribution in [0.5, 0.6) is 0 Å². The van der Waals surface area contributed by atoms with Gasteiger partial charge in [0.1, 0.15) is 0 Å². The fourth-order valence-electron chi connectivity index (χ4n) is 2.52. The molecule has 0 unspecified atom stereocenters. The smallest absolute Gasteiger partial charge is 0.237 e. The van der Waals surface area contributed by atoms with Crippen molar-refractivity contribution in [2.24, 2.45) is 5.92 Å². The van der Waals surface area contributed by atoms with Gasteiger partial charge >= 0.3 is 0 Å². The van der Waals surface area contributed by atoms with E-state index in [1.807, 2.05) is 12.1 Å². The number of nitrogens with zero attached hydrogens (tertiary/aromatic N) is 2. The number of aromatic nitrogens is 1. The molecule has 0 spiro atoms. The first-order valence-electron chi connectivity index (χ1n) is 6.66. The number of carbonyl (C=O) groups is 2. The number of hydrogen-bond donors (Lipinski definition) is 0. The van der Waals surface area contributed by atoms with Crippen LogP contribution in [0.1, 0.15) is 12.0 Å². The fraction of sp³-hybridized carbons (Fsp3) is 0.188. The summed E-state index contributed by atoms with van der Waals surface area (Å²) in [6.07, 6.45) is 3.93. The van der Waals surface area contributed by atoms with Gasteiger partial charge in [-0.15, -0.1) is 0 Å². The summed E-state index contributed by atoms with van der Waals surface area (Å²) in [6, 6.07) is 10.7. The molecule has 1 fully saturated rings. The summed E-state index contributed by atoms with van der Waals surface area (Å²) in [5.74, 6) is -0.627. The first-order valence-corrected chi connectivity index (χ1v) is 7.04. The Bertz CT molecular complexity index is 670. The maximum Gasteiger partial charge on any atom is 0.237 e. The van der Waals surface area contributed by atoms with E-state index in [4.69, 9.17) is 11.6 Å². The number of amides is 2. The Labute approximate surface area is 127 Å². The second kappa shape index (κ2) is 5.66. The van der Waals surface area contributed by atoms with E-state index in [-0.39, 0.29) is 24.2 Å². The summed E-state index contributed by atoms with van der Waals surface area (Å²) in [7, 11) is 0. The number of anilines is 1. The van der Waals surface area contributed by atoms with Crippen molar-refractivity contribution in [3.05, 3.63) is 59.4 Å². The summed E-state index contributed by atoms with van der Waals surface area (Å²) in [5, 5.41) is 0.658. The van der Waals surface area contributed by atoms with Gasteiger partial charge in [-0.05, 0) is 36.2 Å². The molecule has 2 heterocycles. The van der Waals surface area contributed by atoms with E-state index < -0.39 is 0 Å². The Kier molecular flexibility index (Phi) is 3.71. The summed E-state index contributed by atoms with van der Waals surface area (Å²) in [6.45, 7) is 0. The molecule has 3 rings (SSSR count). The highest BCUT2D eigenvalue weighted by Crippen LogP contribution is 2.28. The van der Waals surface area contributed by atoms with E-state index in [1.54, 1.807) is 36.7 Å². The maximum atomic E-state index is 12.4. The number of pyridine rings is 1. The van der Waals surface area contributed by atoms with Crippen molar-refractivity contribution in [2.45, 2.75) is 12.8 Å². The lowest BCUT2D eigenvalue weighted by Crippen LogP contribution is -2.30. The molecule has 1 aromatic heterocycles. The summed E-state index contributed by atoms with van der Waals surface area (Å²) < 4.78 is 0. The quantitative estimate of drug-likeness (QED) is 0.819. The van der Waals surface area contributed by atoms with Gasteiger partial charge in [0.15, 0.2) is 0 Å². The Morgan fingerprint density at radius 3 is 2.43 bits per heavy atom. The topological polar surface area (TPSA) is 50.3 Å². The molecule has 1 aliphatic rings. The highest BCUT2D eigenvalue weighted by molar-refractivity contribution is 6.30. The molecule has 0 radical (unpaired) electrons. The molecule has 0 saturated carbocycles. The molecule has 0 aliphatic carbocycles. The standard InChI is InChI=1S/C16H13ClN2O2/c17-13-3-1-11(2-4-13)9-12-10-15(20)19(16(12)21)14-5-7-18-8-6-14/h1-8,12H,9-10H2/t12-/m0/s1. The van der Waals surface area contributed by atoms with Crippen LogP contribution in [-0.2, 0) is 16.0 Å². The van der Waals surface area contributed by atoms with Gasteiger partial charge in [-0.3, -0.25) is 19.5 Å². The summed E-state index contributed by atoms with van der Waals surface area (Å²) in [5.41, 5.74) is 1.58. The van der Waals surface area contributed by atoms with E-state index in [0.717, 1.165) is 5.56 Å². The van der Waals surface area contributed by atoms with Crippen molar-refractivity contribution in [1.29, 1.82) is 0 Å². The van der Waals surface area contributed by atoms with Crippen LogP contribution >= 0.6 is 11.6 Å². The number of halogens is 1. The Balaban J connectivity index is 1.79. The zero-order chi connectivity index (χ0) is 14.8. The molecule has 1 atom stereocenters. The molecule has 1 aliphatic heterocycles. The number of carbonyl (C=O) groups excluding carboxylic acids is 2. The monoisotopic (exact) mass is 300 g/mol. The maximum absolute atomic E-state index is 12.4. The predicted octanol–water partition coefficient (Wildman–Crippen LogP) is 2.86. The van der Waals surface area contributed by atoms with Gasteiger partial charge < -0.3 is 0 Å². The minimum Gasteiger partial charge on any atom is -0.274 e. The van der Waals surface area contributed by atoms with Crippen LogP contribution in [0.2, 0.25) is 5.02 Å². The summed E-state index contributed by atoms with van der Waals surface area (Å²) >= 11 is 5.85. The van der Waals surface area contributed by atoms with Crippen LogP contribution in [0.25, 0.3) is 0 Å². The van der Waals surface area contributed by atoms with Crippen molar-refractivity contribution in [3.8, 4) is 0 Å². The molecule has 0 bridgehead atoms. The molecule has 0 N–H and O–H groups in total. The SMILES string of the molecule is O=C1C[C@H](Cc2ccc(Cl)cc2)C(=O)N1c1ccncc1. The third-order valence-electron chi connectivity index (χ3n) is 3.56. The fourth-order valence-corrected chi connectivity index (χ4v) is 2.65. The van der Waals surface area contributed by atoms with Gasteiger partial charge in [-0.2, -0.15) is 0 Å². The van der Waals surface area contributed by atoms with Crippen LogP contribution in [0, 0.1) is 5.92 Å². The second-order valence-electron chi connectivity index (χ2n) is 5.00. The third-order valence-corrected chi connectivity index (χ3v) is 3.81. The number of rotatable bonds is 3. The van der Waals surface area contributed by atoms with Crippen LogP contribution < -0.4 is 4.90 Å². The second-order valence-corrected chi connectivity index (χ2v) is 5.44. The van der Waals surface area contributed by atoms with Crippen LogP contribution in [-0.4, -0.2) is 16.8 Å². The van der Waals surface area contributed by atoms with Crippen molar-refractivity contribution in [3.63, 3.8) is 0 Å². The largest absolute Gasteiger partial charge is 0.274 e. The predicted molar refractivity (Wildman–Crippen MR) is 80.0 cm³/mol. The van der Waals surface area contributed by atoms with Crippen LogP contribution in [0.15, 0.2) is 48.8 Å². The highest BCUT2D eigenvalue weighted by Gasteiger charge is 2.39. The lowest BCUT2D eigenvalue weighted by Gasteiger charge is -2.14. The van der Waals surface area contributed by atoms with Crippen molar-refractivity contribution in [2.75, 3.05) is 4.90 Å². The summed E-state index contributed by atoms with van der Waals surface area (Å²) in [4.78, 5) is 29.7. The van der Waals surface area contributed by atoms with Crippen molar-refractivity contribution >= 4 is 29.1 Å². The molecule has 5 heteroatoms. The molecule has 1 aromatic carbocycles. The van der Waals surface area contributed by atoms with Crippen molar-refractivity contribution < 1.29 is 9.59 Å². The Morgan fingerprint density at radius 1 is 1.10 bits per heavy atom.